The third-order valence-electron chi connectivity index (χ3n) is 4.64. The van der Waals surface area contributed by atoms with Crippen molar-refractivity contribution in [1.29, 1.82) is 0 Å². The minimum Gasteiger partial charge on any atom is -0.352 e. The van der Waals surface area contributed by atoms with Crippen molar-refractivity contribution >= 4 is 11.8 Å². The van der Waals surface area contributed by atoms with Crippen LogP contribution in [0.3, 0.4) is 0 Å². The van der Waals surface area contributed by atoms with E-state index < -0.39 is 6.04 Å². The molecule has 2 aromatic carbocycles. The van der Waals surface area contributed by atoms with Gasteiger partial charge in [-0.05, 0) is 38.3 Å². The summed E-state index contributed by atoms with van der Waals surface area (Å²) in [7, 11) is 0. The van der Waals surface area contributed by atoms with Crippen LogP contribution in [0, 0.1) is 6.92 Å². The van der Waals surface area contributed by atoms with Gasteiger partial charge in [-0.2, -0.15) is 0 Å². The Hall–Kier alpha value is -2.62. The molecule has 0 radical (unpaired) electrons. The van der Waals surface area contributed by atoms with Crippen LogP contribution < -0.4 is 5.32 Å². The van der Waals surface area contributed by atoms with E-state index in [0.717, 1.165) is 17.5 Å². The fraction of sp³-hybridized carbons (Fsp3) is 0.417. The summed E-state index contributed by atoms with van der Waals surface area (Å²) in [5, 5.41) is 3.00. The zero-order valence-corrected chi connectivity index (χ0v) is 17.4. The molecule has 4 heteroatoms. The molecule has 0 spiro atoms. The first-order valence-corrected chi connectivity index (χ1v) is 10.1. The van der Waals surface area contributed by atoms with E-state index in [4.69, 9.17) is 0 Å². The van der Waals surface area contributed by atoms with Crippen molar-refractivity contribution in [1.82, 2.24) is 10.2 Å². The Bertz CT molecular complexity index is 754. The van der Waals surface area contributed by atoms with Gasteiger partial charge >= 0.3 is 0 Å². The fourth-order valence-electron chi connectivity index (χ4n) is 3.18. The number of nitrogens with zero attached hydrogens (tertiary/aromatic N) is 1. The predicted octanol–water partition coefficient (Wildman–Crippen LogP) is 4.26. The molecule has 2 amide bonds. The highest BCUT2D eigenvalue weighted by Gasteiger charge is 2.30. The first-order valence-electron chi connectivity index (χ1n) is 10.1. The monoisotopic (exact) mass is 380 g/mol. The Morgan fingerprint density at radius 3 is 2.18 bits per heavy atom. The molecule has 0 aliphatic rings. The van der Waals surface area contributed by atoms with Gasteiger partial charge in [0.05, 0.1) is 0 Å². The lowest BCUT2D eigenvalue weighted by atomic mass is 10.0. The van der Waals surface area contributed by atoms with Crippen molar-refractivity contribution in [2.24, 2.45) is 0 Å². The third-order valence-corrected chi connectivity index (χ3v) is 4.64. The number of carbonyl (C=O) groups excluding carboxylic acids is 2. The molecule has 0 bridgehead atoms. The maximum absolute atomic E-state index is 13.0. The smallest absolute Gasteiger partial charge is 0.243 e. The summed E-state index contributed by atoms with van der Waals surface area (Å²) in [6, 6.07) is 17.5. The van der Waals surface area contributed by atoms with E-state index in [0.29, 0.717) is 19.4 Å². The Morgan fingerprint density at radius 2 is 1.61 bits per heavy atom. The largest absolute Gasteiger partial charge is 0.352 e. The van der Waals surface area contributed by atoms with E-state index in [2.05, 4.69) is 5.32 Å². The number of rotatable bonds is 9. The first kappa shape index (κ1) is 21.7. The maximum Gasteiger partial charge on any atom is 0.243 e. The summed E-state index contributed by atoms with van der Waals surface area (Å²) in [6.07, 6.45) is 1.69. The van der Waals surface area contributed by atoms with E-state index >= 15 is 0 Å². The van der Waals surface area contributed by atoms with Gasteiger partial charge in [-0.15, -0.1) is 0 Å². The standard InChI is InChI=1S/C24H32N2O2/c1-5-9-23(27)26(17-21-14-12-19(4)13-15-21)22(24(28)25-18(2)3)16-20-10-7-6-8-11-20/h6-8,10-15,18,22H,5,9,16-17H2,1-4H3,(H,25,28)/t22-/m0/s1. The van der Waals surface area contributed by atoms with Crippen LogP contribution in [0.25, 0.3) is 0 Å². The van der Waals surface area contributed by atoms with Crippen LogP contribution >= 0.6 is 0 Å². The quantitative estimate of drug-likeness (QED) is 0.707. The second-order valence-corrected chi connectivity index (χ2v) is 7.63. The average Bonchev–Trinajstić information content (AvgIpc) is 2.66. The van der Waals surface area contributed by atoms with Gasteiger partial charge in [0.15, 0.2) is 0 Å². The SMILES string of the molecule is CCCC(=O)N(Cc1ccc(C)cc1)[C@@H](Cc1ccccc1)C(=O)NC(C)C. The van der Waals surface area contributed by atoms with Gasteiger partial charge in [0.25, 0.3) is 0 Å². The van der Waals surface area contributed by atoms with Crippen LogP contribution in [0.4, 0.5) is 0 Å². The molecular weight excluding hydrogens is 348 g/mol. The molecule has 0 aliphatic heterocycles. The minimum atomic E-state index is -0.537. The molecule has 0 saturated carbocycles. The average molecular weight is 381 g/mol. The van der Waals surface area contributed by atoms with E-state index in [1.54, 1.807) is 4.90 Å². The zero-order chi connectivity index (χ0) is 20.5. The van der Waals surface area contributed by atoms with Crippen LogP contribution in [-0.4, -0.2) is 28.8 Å². The van der Waals surface area contributed by atoms with Gasteiger partial charge in [0, 0.05) is 25.4 Å². The topological polar surface area (TPSA) is 49.4 Å². The summed E-state index contributed by atoms with van der Waals surface area (Å²) < 4.78 is 0. The second kappa shape index (κ2) is 10.6. The van der Waals surface area contributed by atoms with E-state index in [9.17, 15) is 9.59 Å². The molecule has 0 aromatic heterocycles. The Balaban J connectivity index is 2.35. The lowest BCUT2D eigenvalue weighted by Gasteiger charge is -2.32. The highest BCUT2D eigenvalue weighted by Crippen LogP contribution is 2.17. The molecule has 1 N–H and O–H groups in total. The van der Waals surface area contributed by atoms with Crippen LogP contribution in [-0.2, 0) is 22.6 Å². The minimum absolute atomic E-state index is 0.0166. The lowest BCUT2D eigenvalue weighted by Crippen LogP contribution is -2.51. The van der Waals surface area contributed by atoms with Gasteiger partial charge < -0.3 is 10.2 Å². The summed E-state index contributed by atoms with van der Waals surface area (Å²) in [5.41, 5.74) is 3.25. The van der Waals surface area contributed by atoms with Gasteiger partial charge in [0.1, 0.15) is 6.04 Å². The van der Waals surface area contributed by atoms with Crippen molar-refractivity contribution in [2.45, 2.75) is 65.6 Å². The molecule has 0 fully saturated rings. The maximum atomic E-state index is 13.0. The van der Waals surface area contributed by atoms with Gasteiger partial charge in [-0.1, -0.05) is 67.1 Å². The molecule has 2 rings (SSSR count). The van der Waals surface area contributed by atoms with Crippen molar-refractivity contribution in [3.05, 3.63) is 71.3 Å². The third kappa shape index (κ3) is 6.52. The molecule has 0 saturated heterocycles. The van der Waals surface area contributed by atoms with Crippen molar-refractivity contribution < 1.29 is 9.59 Å². The molecule has 150 valence electrons. The predicted molar refractivity (Wildman–Crippen MR) is 114 cm³/mol. The van der Waals surface area contributed by atoms with Gasteiger partial charge in [-0.3, -0.25) is 9.59 Å². The van der Waals surface area contributed by atoms with Crippen molar-refractivity contribution in [3.8, 4) is 0 Å². The van der Waals surface area contributed by atoms with Gasteiger partial charge in [-0.25, -0.2) is 0 Å². The zero-order valence-electron chi connectivity index (χ0n) is 17.4. The highest BCUT2D eigenvalue weighted by molar-refractivity contribution is 5.88. The summed E-state index contributed by atoms with van der Waals surface area (Å²) in [4.78, 5) is 27.8. The van der Waals surface area contributed by atoms with Gasteiger partial charge in [0.2, 0.25) is 11.8 Å². The normalized spacial score (nSPS) is 11.9. The first-order chi connectivity index (χ1) is 13.4. The molecule has 1 atom stereocenters. The highest BCUT2D eigenvalue weighted by atomic mass is 16.2. The van der Waals surface area contributed by atoms with Crippen molar-refractivity contribution in [3.63, 3.8) is 0 Å². The Labute approximate surface area is 169 Å². The van der Waals surface area contributed by atoms with Crippen LogP contribution in [0.15, 0.2) is 54.6 Å². The van der Waals surface area contributed by atoms with E-state index in [1.807, 2.05) is 82.3 Å². The molecule has 0 aliphatic carbocycles. The molecule has 28 heavy (non-hydrogen) atoms. The number of hydrogen-bond donors (Lipinski definition) is 1. The van der Waals surface area contributed by atoms with E-state index in [-0.39, 0.29) is 17.9 Å². The number of nitrogens with one attached hydrogen (secondary N) is 1. The second-order valence-electron chi connectivity index (χ2n) is 7.63. The molecule has 0 heterocycles. The summed E-state index contributed by atoms with van der Waals surface area (Å²) in [5.74, 6) is -0.0849. The number of aryl methyl sites for hydroxylation is 1. The number of hydrogen-bond acceptors (Lipinski definition) is 2. The van der Waals surface area contributed by atoms with Crippen LogP contribution in [0.1, 0.15) is 50.3 Å². The van der Waals surface area contributed by atoms with Crippen LogP contribution in [0.5, 0.6) is 0 Å². The number of carbonyl (C=O) groups is 2. The fourth-order valence-corrected chi connectivity index (χ4v) is 3.18. The lowest BCUT2D eigenvalue weighted by molar-refractivity contribution is -0.141. The van der Waals surface area contributed by atoms with Crippen molar-refractivity contribution in [2.75, 3.05) is 0 Å². The Morgan fingerprint density at radius 1 is 0.964 bits per heavy atom. The number of amides is 2. The molecule has 4 nitrogen and oxygen atoms in total. The molecule has 2 aromatic rings. The molecular formula is C24H32N2O2. The van der Waals surface area contributed by atoms with E-state index in [1.165, 1.54) is 5.56 Å². The summed E-state index contributed by atoms with van der Waals surface area (Å²) >= 11 is 0. The molecule has 0 unspecified atom stereocenters. The van der Waals surface area contributed by atoms with Crippen LogP contribution in [0.2, 0.25) is 0 Å². The Kier molecular flexibility index (Phi) is 8.24. The summed E-state index contributed by atoms with van der Waals surface area (Å²) in [6.45, 7) is 8.34. The number of benzene rings is 2.